The van der Waals surface area contributed by atoms with E-state index in [4.69, 9.17) is 0 Å². The molecule has 0 unspecified atom stereocenters. The zero-order valence-electron chi connectivity index (χ0n) is 16.6. The van der Waals surface area contributed by atoms with Crippen LogP contribution >= 0.6 is 0 Å². The van der Waals surface area contributed by atoms with Gasteiger partial charge in [-0.2, -0.15) is 0 Å². The molecule has 0 aromatic heterocycles. The average Bonchev–Trinajstić information content (AvgIpc) is 2.45. The maximum absolute atomic E-state index is 12.0. The Morgan fingerprint density at radius 1 is 1.00 bits per heavy atom. The topological polar surface area (TPSA) is 74.8 Å². The number of benzene rings is 1. The van der Waals surface area contributed by atoms with Gasteiger partial charge in [-0.25, -0.2) is 4.79 Å². The normalized spacial score (nSPS) is 13.0. The number of urea groups is 1. The highest BCUT2D eigenvalue weighted by atomic mass is 16.2. The predicted octanol–water partition coefficient (Wildman–Crippen LogP) is 2.69. The molecule has 0 saturated carbocycles. The fraction of sp³-hybridized carbons (Fsp3) is 0.600. The van der Waals surface area contributed by atoms with Crippen LogP contribution in [0.3, 0.4) is 0 Å². The molecule has 0 saturated heterocycles. The highest BCUT2D eigenvalue weighted by Crippen LogP contribution is 2.21. The van der Waals surface area contributed by atoms with Crippen LogP contribution in [0.15, 0.2) is 24.3 Å². The number of nitrogens with two attached hydrogens (primary N) is 1. The van der Waals surface area contributed by atoms with Crippen LogP contribution in [0.4, 0.5) is 4.79 Å². The van der Waals surface area contributed by atoms with Crippen molar-refractivity contribution >= 4 is 11.9 Å². The molecule has 0 aliphatic carbocycles. The van der Waals surface area contributed by atoms with E-state index in [-0.39, 0.29) is 24.0 Å². The third-order valence-corrected chi connectivity index (χ3v) is 4.00. The van der Waals surface area contributed by atoms with Crippen molar-refractivity contribution in [2.45, 2.75) is 66.0 Å². The second-order valence-electron chi connectivity index (χ2n) is 8.28. The molecular formula is C20H34N3O2+. The lowest BCUT2D eigenvalue weighted by Gasteiger charge is -2.21. The van der Waals surface area contributed by atoms with Crippen LogP contribution in [-0.2, 0) is 4.79 Å². The van der Waals surface area contributed by atoms with Gasteiger partial charge in [-0.3, -0.25) is 10.1 Å². The van der Waals surface area contributed by atoms with Crippen molar-refractivity contribution < 1.29 is 14.9 Å². The van der Waals surface area contributed by atoms with Gasteiger partial charge in [-0.15, -0.1) is 0 Å². The van der Waals surface area contributed by atoms with E-state index in [0.29, 0.717) is 11.8 Å². The number of rotatable bonds is 6. The molecular weight excluding hydrogens is 314 g/mol. The number of carbonyl (C=O) groups excluding carboxylic acids is 2. The monoisotopic (exact) mass is 348 g/mol. The summed E-state index contributed by atoms with van der Waals surface area (Å²) in [5.74, 6) is 0.593. The Balaban J connectivity index is 2.64. The Kier molecular flexibility index (Phi) is 7.61. The van der Waals surface area contributed by atoms with Crippen molar-refractivity contribution in [1.82, 2.24) is 10.6 Å². The average molecular weight is 349 g/mol. The first-order valence-electron chi connectivity index (χ1n) is 9.04. The van der Waals surface area contributed by atoms with Gasteiger partial charge in [-0.05, 0) is 32.3 Å². The van der Waals surface area contributed by atoms with Crippen LogP contribution < -0.4 is 16.0 Å². The highest BCUT2D eigenvalue weighted by molar-refractivity contribution is 5.94. The van der Waals surface area contributed by atoms with Crippen molar-refractivity contribution in [2.24, 2.45) is 5.92 Å². The predicted molar refractivity (Wildman–Crippen MR) is 101 cm³/mol. The van der Waals surface area contributed by atoms with Crippen molar-refractivity contribution in [1.29, 1.82) is 0 Å². The van der Waals surface area contributed by atoms with Crippen molar-refractivity contribution in [3.63, 3.8) is 0 Å². The van der Waals surface area contributed by atoms with Crippen molar-refractivity contribution in [2.75, 3.05) is 6.54 Å². The smallest absolute Gasteiger partial charge is 0.322 e. The molecule has 1 aromatic carbocycles. The standard InChI is InChI=1S/C20H33N3O2/c1-13(2)15-8-10-16(11-9-15)18(14(3)4)21-12-17(24)22-19(25)23-20(5,6)7/h8-11,13-14,18,21H,12H2,1-7H3,(H2,22,23,24,25)/p+1/t18-/m1/s1. The Morgan fingerprint density at radius 2 is 1.52 bits per heavy atom. The maximum Gasteiger partial charge on any atom is 0.322 e. The number of amides is 3. The van der Waals surface area contributed by atoms with Gasteiger partial charge in [0.25, 0.3) is 5.91 Å². The molecule has 0 radical (unpaired) electrons. The molecule has 4 N–H and O–H groups in total. The van der Waals surface area contributed by atoms with Gasteiger partial charge in [0.05, 0.1) is 0 Å². The molecule has 1 atom stereocenters. The Hall–Kier alpha value is -1.88. The lowest BCUT2D eigenvalue weighted by atomic mass is 9.93. The van der Waals surface area contributed by atoms with Crippen LogP contribution in [0.2, 0.25) is 0 Å². The van der Waals surface area contributed by atoms with E-state index in [9.17, 15) is 9.59 Å². The van der Waals surface area contributed by atoms with Gasteiger partial charge in [0.15, 0.2) is 6.54 Å². The molecule has 25 heavy (non-hydrogen) atoms. The van der Waals surface area contributed by atoms with Gasteiger partial charge in [0.1, 0.15) is 6.04 Å². The molecule has 140 valence electrons. The number of imide groups is 1. The lowest BCUT2D eigenvalue weighted by molar-refractivity contribution is -0.692. The van der Waals surface area contributed by atoms with E-state index in [2.05, 4.69) is 62.6 Å². The minimum Gasteiger partial charge on any atom is -0.333 e. The Labute approximate surface area is 152 Å². The van der Waals surface area contributed by atoms with Crippen LogP contribution in [0, 0.1) is 5.92 Å². The summed E-state index contributed by atoms with van der Waals surface area (Å²) in [5, 5.41) is 7.10. The van der Waals surface area contributed by atoms with Crippen molar-refractivity contribution in [3.8, 4) is 0 Å². The molecule has 5 nitrogen and oxygen atoms in total. The number of carbonyl (C=O) groups is 2. The van der Waals surface area contributed by atoms with Gasteiger partial charge in [0, 0.05) is 17.0 Å². The Bertz CT molecular complexity index is 572. The van der Waals surface area contributed by atoms with Gasteiger partial charge in [-0.1, -0.05) is 52.0 Å². The van der Waals surface area contributed by atoms with Crippen LogP contribution in [0.1, 0.15) is 71.6 Å². The molecule has 0 heterocycles. The third-order valence-electron chi connectivity index (χ3n) is 4.00. The second-order valence-corrected chi connectivity index (χ2v) is 8.28. The number of hydrogen-bond donors (Lipinski definition) is 3. The summed E-state index contributed by atoms with van der Waals surface area (Å²) in [4.78, 5) is 23.8. The summed E-state index contributed by atoms with van der Waals surface area (Å²) < 4.78 is 0. The van der Waals surface area contributed by atoms with Crippen LogP contribution in [0.5, 0.6) is 0 Å². The minimum atomic E-state index is -0.451. The molecule has 1 rings (SSSR count). The van der Waals surface area contributed by atoms with Crippen LogP contribution in [-0.4, -0.2) is 24.0 Å². The number of hydrogen-bond acceptors (Lipinski definition) is 2. The second kappa shape index (κ2) is 8.99. The first-order valence-corrected chi connectivity index (χ1v) is 9.04. The summed E-state index contributed by atoms with van der Waals surface area (Å²) in [7, 11) is 0. The summed E-state index contributed by atoms with van der Waals surface area (Å²) in [6.45, 7) is 14.5. The SMILES string of the molecule is CC(C)c1ccc([C@H]([NH2+]CC(=O)NC(=O)NC(C)(C)C)C(C)C)cc1. The highest BCUT2D eigenvalue weighted by Gasteiger charge is 2.22. The summed E-state index contributed by atoms with van der Waals surface area (Å²) >= 11 is 0. The number of quaternary nitrogens is 1. The number of nitrogens with one attached hydrogen (secondary N) is 2. The van der Waals surface area contributed by atoms with E-state index in [0.717, 1.165) is 0 Å². The van der Waals surface area contributed by atoms with Gasteiger partial charge in [0.2, 0.25) is 0 Å². The van der Waals surface area contributed by atoms with Gasteiger partial charge < -0.3 is 10.6 Å². The van der Waals surface area contributed by atoms with Crippen molar-refractivity contribution in [3.05, 3.63) is 35.4 Å². The maximum atomic E-state index is 12.0. The van der Waals surface area contributed by atoms with Gasteiger partial charge >= 0.3 is 6.03 Å². The summed E-state index contributed by atoms with van der Waals surface area (Å²) in [5.41, 5.74) is 2.14. The van der Waals surface area contributed by atoms with E-state index in [1.807, 2.05) is 26.1 Å². The van der Waals surface area contributed by atoms with E-state index in [1.165, 1.54) is 11.1 Å². The molecule has 5 heteroatoms. The lowest BCUT2D eigenvalue weighted by Crippen LogP contribution is -2.88. The fourth-order valence-corrected chi connectivity index (χ4v) is 2.68. The Morgan fingerprint density at radius 3 is 1.96 bits per heavy atom. The molecule has 0 fully saturated rings. The minimum absolute atomic E-state index is 0.178. The van der Waals surface area contributed by atoms with Crippen LogP contribution in [0.25, 0.3) is 0 Å². The van der Waals surface area contributed by atoms with E-state index in [1.54, 1.807) is 0 Å². The summed E-state index contributed by atoms with van der Waals surface area (Å²) in [6, 6.07) is 8.31. The molecule has 1 aromatic rings. The molecule has 0 spiro atoms. The zero-order valence-corrected chi connectivity index (χ0v) is 16.6. The van der Waals surface area contributed by atoms with E-state index >= 15 is 0 Å². The van der Waals surface area contributed by atoms with E-state index < -0.39 is 6.03 Å². The fourth-order valence-electron chi connectivity index (χ4n) is 2.68. The molecule has 0 bridgehead atoms. The first kappa shape index (κ1) is 21.2. The largest absolute Gasteiger partial charge is 0.333 e. The summed E-state index contributed by atoms with van der Waals surface area (Å²) in [6.07, 6.45) is 0. The first-order chi connectivity index (χ1) is 11.5. The molecule has 3 amide bonds. The molecule has 0 aliphatic heterocycles. The quantitative estimate of drug-likeness (QED) is 0.739. The third kappa shape index (κ3) is 7.69. The molecule has 0 aliphatic rings. The zero-order chi connectivity index (χ0) is 19.2.